The van der Waals surface area contributed by atoms with Crippen molar-refractivity contribution in [2.24, 2.45) is 5.73 Å². The number of aryl methyl sites for hydroxylation is 1. The van der Waals surface area contributed by atoms with Crippen LogP contribution in [0, 0.1) is 0 Å². The maximum atomic E-state index is 11.6. The number of benzene rings is 1. The molecule has 0 unspecified atom stereocenters. The van der Waals surface area contributed by atoms with Crippen LogP contribution in [0.3, 0.4) is 0 Å². The Balaban J connectivity index is 2.30. The lowest BCUT2D eigenvalue weighted by Gasteiger charge is -2.18. The molecule has 1 rings (SSSR count). The molecule has 3 N–H and O–H groups in total. The maximum absolute atomic E-state index is 11.6. The Bertz CT molecular complexity index is 442. The van der Waals surface area contributed by atoms with Gasteiger partial charge in [-0.2, -0.15) is 0 Å². The van der Waals surface area contributed by atoms with Gasteiger partial charge in [-0.25, -0.2) is 0 Å². The van der Waals surface area contributed by atoms with E-state index in [1.165, 1.54) is 0 Å². The van der Waals surface area contributed by atoms with Gasteiger partial charge in [0.05, 0.1) is 10.0 Å². The smallest absolute Gasteiger partial charge is 0.220 e. The molecule has 0 saturated heterocycles. The second-order valence-corrected chi connectivity index (χ2v) is 6.18. The molecular formula is C14H20Cl2N2O. The summed E-state index contributed by atoms with van der Waals surface area (Å²) in [4.78, 5) is 11.6. The number of halogens is 2. The van der Waals surface area contributed by atoms with Crippen molar-refractivity contribution in [3.05, 3.63) is 33.8 Å². The number of hydrogen-bond donors (Lipinski definition) is 2. The molecule has 3 nitrogen and oxygen atoms in total. The molecule has 1 amide bonds. The summed E-state index contributed by atoms with van der Waals surface area (Å²) >= 11 is 11.8. The average molecular weight is 303 g/mol. The number of amides is 1. The molecule has 5 heteroatoms. The van der Waals surface area contributed by atoms with Crippen LogP contribution in [0.2, 0.25) is 10.0 Å². The molecule has 0 saturated carbocycles. The van der Waals surface area contributed by atoms with E-state index in [4.69, 9.17) is 28.9 Å². The molecule has 0 radical (unpaired) electrons. The summed E-state index contributed by atoms with van der Waals surface area (Å²) in [7, 11) is 0. The van der Waals surface area contributed by atoms with Crippen LogP contribution in [-0.4, -0.2) is 18.0 Å². The van der Waals surface area contributed by atoms with Gasteiger partial charge >= 0.3 is 0 Å². The quantitative estimate of drug-likeness (QED) is 0.848. The first kappa shape index (κ1) is 16.3. The van der Waals surface area contributed by atoms with Gasteiger partial charge in [0, 0.05) is 18.5 Å². The van der Waals surface area contributed by atoms with Crippen LogP contribution in [0.25, 0.3) is 0 Å². The highest BCUT2D eigenvalue weighted by Gasteiger charge is 2.11. The molecule has 106 valence electrons. The van der Waals surface area contributed by atoms with Crippen LogP contribution >= 0.6 is 23.2 Å². The van der Waals surface area contributed by atoms with E-state index in [0.717, 1.165) is 18.4 Å². The van der Waals surface area contributed by atoms with E-state index in [9.17, 15) is 4.79 Å². The van der Waals surface area contributed by atoms with E-state index in [0.29, 0.717) is 23.0 Å². The molecule has 0 aromatic heterocycles. The van der Waals surface area contributed by atoms with Crippen molar-refractivity contribution >= 4 is 29.1 Å². The fourth-order valence-electron chi connectivity index (χ4n) is 1.56. The van der Waals surface area contributed by atoms with E-state index < -0.39 is 0 Å². The predicted molar refractivity (Wildman–Crippen MR) is 80.7 cm³/mol. The Hall–Kier alpha value is -0.770. The molecule has 0 fully saturated rings. The zero-order valence-electron chi connectivity index (χ0n) is 11.3. The minimum Gasteiger partial charge on any atom is -0.354 e. The van der Waals surface area contributed by atoms with Crippen molar-refractivity contribution in [3.63, 3.8) is 0 Å². The molecule has 0 atom stereocenters. The van der Waals surface area contributed by atoms with Crippen LogP contribution in [0.5, 0.6) is 0 Å². The first-order valence-corrected chi connectivity index (χ1v) is 7.03. The largest absolute Gasteiger partial charge is 0.354 e. The lowest BCUT2D eigenvalue weighted by molar-refractivity contribution is -0.121. The van der Waals surface area contributed by atoms with E-state index in [-0.39, 0.29) is 11.4 Å². The normalized spacial score (nSPS) is 11.4. The first-order chi connectivity index (χ1) is 8.78. The summed E-state index contributed by atoms with van der Waals surface area (Å²) < 4.78 is 0. The Morgan fingerprint density at radius 3 is 2.58 bits per heavy atom. The lowest BCUT2D eigenvalue weighted by atomic mass is 10.1. The fourth-order valence-corrected chi connectivity index (χ4v) is 1.88. The van der Waals surface area contributed by atoms with Gasteiger partial charge in [0.15, 0.2) is 0 Å². The molecule has 0 aliphatic rings. The Labute approximate surface area is 124 Å². The SMILES string of the molecule is CC(C)(N)CNC(=O)CCCc1ccc(Cl)c(Cl)c1. The molecular weight excluding hydrogens is 283 g/mol. The summed E-state index contributed by atoms with van der Waals surface area (Å²) in [5.41, 5.74) is 6.50. The van der Waals surface area contributed by atoms with Crippen LogP contribution in [0.15, 0.2) is 18.2 Å². The van der Waals surface area contributed by atoms with Crippen LogP contribution in [0.1, 0.15) is 32.3 Å². The van der Waals surface area contributed by atoms with Crippen molar-refractivity contribution < 1.29 is 4.79 Å². The highest BCUT2D eigenvalue weighted by atomic mass is 35.5. The Kier molecular flexibility index (Phi) is 6.11. The van der Waals surface area contributed by atoms with Gasteiger partial charge in [0.1, 0.15) is 0 Å². The highest BCUT2D eigenvalue weighted by Crippen LogP contribution is 2.23. The van der Waals surface area contributed by atoms with Crippen LogP contribution in [-0.2, 0) is 11.2 Å². The Morgan fingerprint density at radius 2 is 2.00 bits per heavy atom. The lowest BCUT2D eigenvalue weighted by Crippen LogP contribution is -2.45. The van der Waals surface area contributed by atoms with Crippen molar-refractivity contribution in [2.45, 2.75) is 38.6 Å². The van der Waals surface area contributed by atoms with Gasteiger partial charge in [0.2, 0.25) is 5.91 Å². The third kappa shape index (κ3) is 6.81. The Morgan fingerprint density at radius 1 is 1.32 bits per heavy atom. The molecule has 0 aliphatic heterocycles. The molecule has 0 spiro atoms. The third-order valence-electron chi connectivity index (χ3n) is 2.59. The monoisotopic (exact) mass is 302 g/mol. The van der Waals surface area contributed by atoms with Gasteiger partial charge < -0.3 is 11.1 Å². The van der Waals surface area contributed by atoms with E-state index in [2.05, 4.69) is 5.32 Å². The summed E-state index contributed by atoms with van der Waals surface area (Å²) in [6, 6.07) is 5.54. The van der Waals surface area contributed by atoms with E-state index in [1.807, 2.05) is 26.0 Å². The molecule has 1 aromatic rings. The zero-order valence-corrected chi connectivity index (χ0v) is 12.8. The summed E-state index contributed by atoms with van der Waals surface area (Å²) in [6.07, 6.45) is 2.06. The maximum Gasteiger partial charge on any atom is 0.220 e. The number of carbonyl (C=O) groups is 1. The van der Waals surface area contributed by atoms with Gasteiger partial charge in [0.25, 0.3) is 0 Å². The van der Waals surface area contributed by atoms with Crippen LogP contribution < -0.4 is 11.1 Å². The van der Waals surface area contributed by atoms with Crippen molar-refractivity contribution in [2.75, 3.05) is 6.54 Å². The number of nitrogens with one attached hydrogen (secondary N) is 1. The molecule has 19 heavy (non-hydrogen) atoms. The zero-order chi connectivity index (χ0) is 14.5. The average Bonchev–Trinajstić information content (AvgIpc) is 2.30. The molecule has 0 bridgehead atoms. The van der Waals surface area contributed by atoms with Gasteiger partial charge in [-0.3, -0.25) is 4.79 Å². The first-order valence-electron chi connectivity index (χ1n) is 6.27. The third-order valence-corrected chi connectivity index (χ3v) is 3.33. The minimum absolute atomic E-state index is 0.0265. The number of nitrogens with two attached hydrogens (primary N) is 1. The van der Waals surface area contributed by atoms with Crippen molar-refractivity contribution in [3.8, 4) is 0 Å². The van der Waals surface area contributed by atoms with E-state index in [1.54, 1.807) is 6.07 Å². The van der Waals surface area contributed by atoms with Gasteiger partial charge in [-0.1, -0.05) is 29.3 Å². The summed E-state index contributed by atoms with van der Waals surface area (Å²) in [5, 5.41) is 3.92. The topological polar surface area (TPSA) is 55.1 Å². The number of rotatable bonds is 6. The second-order valence-electron chi connectivity index (χ2n) is 5.37. The van der Waals surface area contributed by atoms with E-state index >= 15 is 0 Å². The van der Waals surface area contributed by atoms with Gasteiger partial charge in [-0.05, 0) is 44.4 Å². The van der Waals surface area contributed by atoms with Crippen LogP contribution in [0.4, 0.5) is 0 Å². The van der Waals surface area contributed by atoms with Crippen molar-refractivity contribution in [1.82, 2.24) is 5.32 Å². The molecule has 0 aliphatic carbocycles. The molecule has 0 heterocycles. The number of carbonyl (C=O) groups excluding carboxylic acids is 1. The molecule has 1 aromatic carbocycles. The number of hydrogen-bond acceptors (Lipinski definition) is 2. The standard InChI is InChI=1S/C14H20Cl2N2O/c1-14(2,17)9-18-13(19)5-3-4-10-6-7-11(15)12(16)8-10/h6-8H,3-5,9,17H2,1-2H3,(H,18,19). The predicted octanol–water partition coefficient (Wildman–Crippen LogP) is 3.17. The van der Waals surface area contributed by atoms with Crippen molar-refractivity contribution in [1.29, 1.82) is 0 Å². The second kappa shape index (κ2) is 7.13. The van der Waals surface area contributed by atoms with Gasteiger partial charge in [-0.15, -0.1) is 0 Å². The fraction of sp³-hybridized carbons (Fsp3) is 0.500. The highest BCUT2D eigenvalue weighted by molar-refractivity contribution is 6.42. The summed E-state index contributed by atoms with van der Waals surface area (Å²) in [6.45, 7) is 4.24. The minimum atomic E-state index is -0.376. The summed E-state index contributed by atoms with van der Waals surface area (Å²) in [5.74, 6) is 0.0265.